The molecule has 4 heteroatoms. The lowest BCUT2D eigenvalue weighted by atomic mass is 10.1. The van der Waals surface area contributed by atoms with E-state index in [-0.39, 0.29) is 18.9 Å². The zero-order chi connectivity index (χ0) is 12.0. The maximum Gasteiger partial charge on any atom is 0.251 e. The number of nitrogens with zero attached hydrogens (tertiary/aromatic N) is 1. The number of aliphatic hydroxyl groups excluding tert-OH is 1. The van der Waals surface area contributed by atoms with Crippen LogP contribution in [0.5, 0.6) is 0 Å². The fraction of sp³-hybridized carbons (Fsp3) is 0.333. The molecule has 0 bridgehead atoms. The van der Waals surface area contributed by atoms with Gasteiger partial charge in [-0.05, 0) is 24.6 Å². The van der Waals surface area contributed by atoms with Crippen molar-refractivity contribution >= 4 is 5.91 Å². The summed E-state index contributed by atoms with van der Waals surface area (Å²) in [6, 6.07) is 8.93. The summed E-state index contributed by atoms with van der Waals surface area (Å²) in [5.41, 5.74) is 1.32. The second kappa shape index (κ2) is 5.89. The van der Waals surface area contributed by atoms with Gasteiger partial charge in [-0.25, -0.2) is 0 Å². The van der Waals surface area contributed by atoms with E-state index in [0.717, 1.165) is 5.56 Å². The van der Waals surface area contributed by atoms with Gasteiger partial charge < -0.3 is 10.4 Å². The van der Waals surface area contributed by atoms with Gasteiger partial charge in [-0.2, -0.15) is 5.26 Å². The average molecular weight is 218 g/mol. The van der Waals surface area contributed by atoms with E-state index in [1.807, 2.05) is 6.07 Å². The number of rotatable bonds is 4. The van der Waals surface area contributed by atoms with E-state index in [0.29, 0.717) is 5.56 Å². The fourth-order valence-corrected chi connectivity index (χ4v) is 1.26. The fourth-order valence-electron chi connectivity index (χ4n) is 1.26. The Hall–Kier alpha value is -1.86. The van der Waals surface area contributed by atoms with Crippen LogP contribution in [0.1, 0.15) is 22.8 Å². The number of carbonyl (C=O) groups is 1. The SMILES string of the molecule is CC(O)CNC(=O)c1cccc(CC#N)c1. The summed E-state index contributed by atoms with van der Waals surface area (Å²) in [6.45, 7) is 1.83. The van der Waals surface area contributed by atoms with Crippen molar-refractivity contribution in [2.24, 2.45) is 0 Å². The lowest BCUT2D eigenvalue weighted by Gasteiger charge is -2.07. The van der Waals surface area contributed by atoms with Crippen molar-refractivity contribution in [2.75, 3.05) is 6.54 Å². The Bertz CT molecular complexity index is 408. The molecule has 1 atom stereocenters. The molecular weight excluding hydrogens is 204 g/mol. The third-order valence-electron chi connectivity index (χ3n) is 2.03. The van der Waals surface area contributed by atoms with E-state index in [1.165, 1.54) is 0 Å². The van der Waals surface area contributed by atoms with Crippen LogP contribution in [0.15, 0.2) is 24.3 Å². The topological polar surface area (TPSA) is 73.1 Å². The first-order valence-electron chi connectivity index (χ1n) is 5.05. The first-order valence-corrected chi connectivity index (χ1v) is 5.05. The molecule has 0 aliphatic carbocycles. The van der Waals surface area contributed by atoms with E-state index in [4.69, 9.17) is 10.4 Å². The van der Waals surface area contributed by atoms with Crippen LogP contribution in [-0.2, 0) is 6.42 Å². The first kappa shape index (κ1) is 12.2. The monoisotopic (exact) mass is 218 g/mol. The van der Waals surface area contributed by atoms with Crippen molar-refractivity contribution in [1.29, 1.82) is 5.26 Å². The molecule has 84 valence electrons. The van der Waals surface area contributed by atoms with Crippen LogP contribution in [0.3, 0.4) is 0 Å². The maximum absolute atomic E-state index is 11.6. The second-order valence-corrected chi connectivity index (χ2v) is 3.59. The summed E-state index contributed by atoms with van der Waals surface area (Å²) in [5, 5.41) is 20.2. The average Bonchev–Trinajstić information content (AvgIpc) is 2.26. The molecule has 1 aromatic carbocycles. The number of nitrogens with one attached hydrogen (secondary N) is 1. The van der Waals surface area contributed by atoms with Gasteiger partial charge in [-0.1, -0.05) is 12.1 Å². The zero-order valence-electron chi connectivity index (χ0n) is 9.10. The smallest absolute Gasteiger partial charge is 0.251 e. The van der Waals surface area contributed by atoms with Crippen LogP contribution in [0.2, 0.25) is 0 Å². The Morgan fingerprint density at radius 2 is 2.38 bits per heavy atom. The molecule has 0 spiro atoms. The van der Waals surface area contributed by atoms with E-state index in [2.05, 4.69) is 5.32 Å². The predicted octanol–water partition coefficient (Wildman–Crippen LogP) is 0.863. The minimum atomic E-state index is -0.564. The second-order valence-electron chi connectivity index (χ2n) is 3.59. The summed E-state index contributed by atoms with van der Waals surface area (Å²) in [6.07, 6.45) is -0.274. The molecule has 2 N–H and O–H groups in total. The van der Waals surface area contributed by atoms with Crippen LogP contribution < -0.4 is 5.32 Å². The predicted molar refractivity (Wildman–Crippen MR) is 59.8 cm³/mol. The van der Waals surface area contributed by atoms with Crippen LogP contribution in [0.25, 0.3) is 0 Å². The van der Waals surface area contributed by atoms with Gasteiger partial charge in [0, 0.05) is 12.1 Å². The normalized spacial score (nSPS) is 11.6. The van der Waals surface area contributed by atoms with Crippen molar-refractivity contribution in [3.05, 3.63) is 35.4 Å². The molecule has 4 nitrogen and oxygen atoms in total. The molecule has 1 aromatic rings. The largest absolute Gasteiger partial charge is 0.392 e. The lowest BCUT2D eigenvalue weighted by molar-refractivity contribution is 0.0924. The van der Waals surface area contributed by atoms with Crippen LogP contribution >= 0.6 is 0 Å². The minimum absolute atomic E-state index is 0.224. The summed E-state index contributed by atoms with van der Waals surface area (Å²) in [5.74, 6) is -0.235. The molecule has 1 amide bonds. The van der Waals surface area contributed by atoms with Gasteiger partial charge >= 0.3 is 0 Å². The summed E-state index contributed by atoms with van der Waals surface area (Å²) < 4.78 is 0. The highest BCUT2D eigenvalue weighted by atomic mass is 16.3. The summed E-state index contributed by atoms with van der Waals surface area (Å²) >= 11 is 0. The molecule has 0 saturated carbocycles. The Labute approximate surface area is 94.5 Å². The number of benzene rings is 1. The summed E-state index contributed by atoms with van der Waals surface area (Å²) in [4.78, 5) is 11.6. The highest BCUT2D eigenvalue weighted by molar-refractivity contribution is 5.94. The third-order valence-corrected chi connectivity index (χ3v) is 2.03. The molecule has 0 radical (unpaired) electrons. The molecule has 0 fully saturated rings. The number of hydrogen-bond acceptors (Lipinski definition) is 3. The van der Waals surface area contributed by atoms with Crippen LogP contribution in [0.4, 0.5) is 0 Å². The molecular formula is C12H14N2O2. The van der Waals surface area contributed by atoms with Crippen LogP contribution in [-0.4, -0.2) is 23.7 Å². The number of hydrogen-bond donors (Lipinski definition) is 2. The maximum atomic E-state index is 11.6. The van der Waals surface area contributed by atoms with Gasteiger partial charge in [-0.3, -0.25) is 4.79 Å². The molecule has 0 heterocycles. The van der Waals surface area contributed by atoms with E-state index in [1.54, 1.807) is 31.2 Å². The van der Waals surface area contributed by atoms with E-state index in [9.17, 15) is 4.79 Å². The Morgan fingerprint density at radius 3 is 3.00 bits per heavy atom. The quantitative estimate of drug-likeness (QED) is 0.787. The van der Waals surface area contributed by atoms with Crippen LogP contribution in [0, 0.1) is 11.3 Å². The molecule has 0 aliphatic heterocycles. The molecule has 1 rings (SSSR count). The van der Waals surface area contributed by atoms with Crippen molar-refractivity contribution < 1.29 is 9.90 Å². The third kappa shape index (κ3) is 3.71. The van der Waals surface area contributed by atoms with Crippen molar-refractivity contribution in [2.45, 2.75) is 19.4 Å². The van der Waals surface area contributed by atoms with Gasteiger partial charge in [0.1, 0.15) is 0 Å². The van der Waals surface area contributed by atoms with E-state index >= 15 is 0 Å². The van der Waals surface area contributed by atoms with Gasteiger partial charge in [0.25, 0.3) is 5.91 Å². The van der Waals surface area contributed by atoms with Gasteiger partial charge in [0.15, 0.2) is 0 Å². The van der Waals surface area contributed by atoms with Gasteiger partial charge in [0.05, 0.1) is 18.6 Å². The van der Waals surface area contributed by atoms with Gasteiger partial charge in [-0.15, -0.1) is 0 Å². The Kier molecular flexibility index (Phi) is 4.49. The Morgan fingerprint density at radius 1 is 1.62 bits per heavy atom. The minimum Gasteiger partial charge on any atom is -0.392 e. The molecule has 0 aliphatic rings. The number of nitriles is 1. The molecule has 1 unspecified atom stereocenters. The standard InChI is InChI=1S/C12H14N2O2/c1-9(15)8-14-12(16)11-4-2-3-10(7-11)5-6-13/h2-4,7,9,15H,5,8H2,1H3,(H,14,16). The highest BCUT2D eigenvalue weighted by Crippen LogP contribution is 2.05. The molecule has 0 aromatic heterocycles. The molecule has 0 saturated heterocycles. The van der Waals surface area contributed by atoms with Crippen molar-refractivity contribution in [3.8, 4) is 6.07 Å². The first-order chi connectivity index (χ1) is 7.63. The number of carbonyl (C=O) groups excluding carboxylic acids is 1. The number of aliphatic hydroxyl groups is 1. The van der Waals surface area contributed by atoms with E-state index < -0.39 is 6.10 Å². The molecule has 16 heavy (non-hydrogen) atoms. The number of amides is 1. The lowest BCUT2D eigenvalue weighted by Crippen LogP contribution is -2.30. The Balaban J connectivity index is 2.68. The highest BCUT2D eigenvalue weighted by Gasteiger charge is 2.06. The van der Waals surface area contributed by atoms with Gasteiger partial charge in [0.2, 0.25) is 0 Å². The van der Waals surface area contributed by atoms with Crippen molar-refractivity contribution in [3.63, 3.8) is 0 Å². The summed E-state index contributed by atoms with van der Waals surface area (Å²) in [7, 11) is 0. The van der Waals surface area contributed by atoms with Crippen molar-refractivity contribution in [1.82, 2.24) is 5.32 Å². The zero-order valence-corrected chi connectivity index (χ0v) is 9.10.